The maximum absolute atomic E-state index is 11.8. The molecule has 1 N–H and O–H groups in total. The predicted octanol–water partition coefficient (Wildman–Crippen LogP) is 3.73. The van der Waals surface area contributed by atoms with Crippen LogP contribution in [-0.4, -0.2) is 5.91 Å². The van der Waals surface area contributed by atoms with E-state index >= 15 is 0 Å². The molecule has 1 aliphatic carbocycles. The van der Waals surface area contributed by atoms with Crippen LogP contribution >= 0.6 is 11.6 Å². The molecule has 0 saturated heterocycles. The second-order valence-electron chi connectivity index (χ2n) is 4.71. The second kappa shape index (κ2) is 5.88. The highest BCUT2D eigenvalue weighted by Crippen LogP contribution is 2.28. The summed E-state index contributed by atoms with van der Waals surface area (Å²) in [4.78, 5) is 11.8. The first kappa shape index (κ1) is 12.9. The van der Waals surface area contributed by atoms with Crippen LogP contribution in [0.2, 0.25) is 5.02 Å². The van der Waals surface area contributed by atoms with E-state index in [4.69, 9.17) is 16.9 Å². The summed E-state index contributed by atoms with van der Waals surface area (Å²) < 4.78 is 0. The Morgan fingerprint density at radius 3 is 2.78 bits per heavy atom. The third kappa shape index (κ3) is 3.24. The number of hydrogen-bond acceptors (Lipinski definition) is 2. The van der Waals surface area contributed by atoms with E-state index in [1.165, 1.54) is 12.8 Å². The van der Waals surface area contributed by atoms with Crippen molar-refractivity contribution in [1.82, 2.24) is 0 Å². The van der Waals surface area contributed by atoms with Gasteiger partial charge in [0.25, 0.3) is 0 Å². The van der Waals surface area contributed by atoms with Crippen molar-refractivity contribution in [3.8, 4) is 6.07 Å². The molecule has 0 unspecified atom stereocenters. The maximum Gasteiger partial charge on any atom is 0.224 e. The average Bonchev–Trinajstić information content (AvgIpc) is 2.82. The number of anilines is 1. The van der Waals surface area contributed by atoms with E-state index in [0.29, 0.717) is 28.6 Å². The minimum Gasteiger partial charge on any atom is -0.326 e. The molecule has 1 saturated carbocycles. The molecule has 0 radical (unpaired) electrons. The highest BCUT2D eigenvalue weighted by atomic mass is 35.5. The summed E-state index contributed by atoms with van der Waals surface area (Å²) in [6, 6.07) is 6.93. The fourth-order valence-corrected chi connectivity index (χ4v) is 2.60. The first-order valence-electron chi connectivity index (χ1n) is 6.18. The topological polar surface area (TPSA) is 52.9 Å². The lowest BCUT2D eigenvalue weighted by atomic mass is 10.0. The summed E-state index contributed by atoms with van der Waals surface area (Å²) in [6.07, 6.45) is 5.36. The molecular formula is C14H15ClN2O. The second-order valence-corrected chi connectivity index (χ2v) is 5.12. The lowest BCUT2D eigenvalue weighted by Gasteiger charge is -2.10. The number of carbonyl (C=O) groups is 1. The van der Waals surface area contributed by atoms with E-state index in [1.807, 2.05) is 6.07 Å². The lowest BCUT2D eigenvalue weighted by Crippen LogP contribution is -2.15. The summed E-state index contributed by atoms with van der Waals surface area (Å²) in [5.74, 6) is 0.557. The fraction of sp³-hybridized carbons (Fsp3) is 0.429. The molecule has 2 rings (SSSR count). The van der Waals surface area contributed by atoms with Gasteiger partial charge in [0, 0.05) is 12.1 Å². The Balaban J connectivity index is 1.94. The average molecular weight is 263 g/mol. The van der Waals surface area contributed by atoms with Crippen molar-refractivity contribution in [3.63, 3.8) is 0 Å². The van der Waals surface area contributed by atoms with Gasteiger partial charge in [-0.1, -0.05) is 24.4 Å². The minimum atomic E-state index is 0.0303. The number of halogens is 1. The monoisotopic (exact) mass is 262 g/mol. The van der Waals surface area contributed by atoms with Crippen LogP contribution in [0.1, 0.15) is 37.7 Å². The molecule has 1 fully saturated rings. The van der Waals surface area contributed by atoms with Crippen molar-refractivity contribution < 1.29 is 4.79 Å². The summed E-state index contributed by atoms with van der Waals surface area (Å²) in [7, 11) is 0. The third-order valence-electron chi connectivity index (χ3n) is 3.32. The van der Waals surface area contributed by atoms with Gasteiger partial charge in [0.05, 0.1) is 10.6 Å². The molecular weight excluding hydrogens is 248 g/mol. The van der Waals surface area contributed by atoms with Crippen molar-refractivity contribution >= 4 is 23.2 Å². The minimum absolute atomic E-state index is 0.0303. The molecule has 18 heavy (non-hydrogen) atoms. The van der Waals surface area contributed by atoms with E-state index in [1.54, 1.807) is 18.2 Å². The molecule has 94 valence electrons. The van der Waals surface area contributed by atoms with Crippen molar-refractivity contribution in [3.05, 3.63) is 28.8 Å². The van der Waals surface area contributed by atoms with Crippen molar-refractivity contribution in [2.75, 3.05) is 5.32 Å². The van der Waals surface area contributed by atoms with Crippen LogP contribution in [0.4, 0.5) is 5.69 Å². The smallest absolute Gasteiger partial charge is 0.224 e. The molecule has 0 bridgehead atoms. The Kier molecular flexibility index (Phi) is 4.22. The van der Waals surface area contributed by atoms with Crippen molar-refractivity contribution in [2.24, 2.45) is 5.92 Å². The van der Waals surface area contributed by atoms with Gasteiger partial charge >= 0.3 is 0 Å². The number of carbonyl (C=O) groups excluding carboxylic acids is 1. The quantitative estimate of drug-likeness (QED) is 0.902. The summed E-state index contributed by atoms with van der Waals surface area (Å²) in [5, 5.41) is 12.0. The van der Waals surface area contributed by atoms with Gasteiger partial charge in [0.2, 0.25) is 5.91 Å². The summed E-state index contributed by atoms with van der Waals surface area (Å²) >= 11 is 5.91. The highest BCUT2D eigenvalue weighted by molar-refractivity contribution is 6.32. The molecule has 0 atom stereocenters. The number of nitrogens with zero attached hydrogens (tertiary/aromatic N) is 1. The highest BCUT2D eigenvalue weighted by Gasteiger charge is 2.18. The van der Waals surface area contributed by atoms with Gasteiger partial charge in [0.15, 0.2) is 0 Å². The van der Waals surface area contributed by atoms with Gasteiger partial charge in [-0.05, 0) is 37.0 Å². The van der Waals surface area contributed by atoms with Crippen LogP contribution in [0.15, 0.2) is 18.2 Å². The number of nitriles is 1. The molecule has 0 aliphatic heterocycles. The van der Waals surface area contributed by atoms with Gasteiger partial charge in [-0.2, -0.15) is 5.26 Å². The van der Waals surface area contributed by atoms with Gasteiger partial charge in [-0.25, -0.2) is 0 Å². The molecule has 1 aliphatic rings. The van der Waals surface area contributed by atoms with Crippen LogP contribution in [0, 0.1) is 17.2 Å². The Morgan fingerprint density at radius 2 is 2.17 bits per heavy atom. The van der Waals surface area contributed by atoms with Crippen molar-refractivity contribution in [2.45, 2.75) is 32.1 Å². The number of amides is 1. The van der Waals surface area contributed by atoms with Crippen LogP contribution in [0.25, 0.3) is 0 Å². The number of hydrogen-bond donors (Lipinski definition) is 1. The van der Waals surface area contributed by atoms with Gasteiger partial charge in [-0.15, -0.1) is 0 Å². The lowest BCUT2D eigenvalue weighted by molar-refractivity contribution is -0.117. The zero-order chi connectivity index (χ0) is 13.0. The molecule has 1 amide bonds. The number of nitrogens with one attached hydrogen (secondary N) is 1. The molecule has 3 nitrogen and oxygen atoms in total. The van der Waals surface area contributed by atoms with Crippen LogP contribution in [0.3, 0.4) is 0 Å². The van der Waals surface area contributed by atoms with Crippen LogP contribution < -0.4 is 5.32 Å². The van der Waals surface area contributed by atoms with Gasteiger partial charge in [-0.3, -0.25) is 4.79 Å². The van der Waals surface area contributed by atoms with E-state index in [2.05, 4.69) is 5.32 Å². The Labute approximate surface area is 112 Å². The zero-order valence-corrected chi connectivity index (χ0v) is 10.8. The number of benzene rings is 1. The molecule has 0 heterocycles. The first-order valence-corrected chi connectivity index (χ1v) is 6.56. The Morgan fingerprint density at radius 1 is 1.44 bits per heavy atom. The predicted molar refractivity (Wildman–Crippen MR) is 71.4 cm³/mol. The SMILES string of the molecule is N#Cc1ccc(NC(=O)CC2CCCC2)cc1Cl. The zero-order valence-electron chi connectivity index (χ0n) is 10.1. The Hall–Kier alpha value is -1.53. The largest absolute Gasteiger partial charge is 0.326 e. The van der Waals surface area contributed by atoms with Crippen LogP contribution in [0.5, 0.6) is 0 Å². The maximum atomic E-state index is 11.8. The standard InChI is InChI=1S/C14H15ClN2O/c15-13-8-12(6-5-11(13)9-16)17-14(18)7-10-3-1-2-4-10/h5-6,8,10H,1-4,7H2,(H,17,18). The van der Waals surface area contributed by atoms with Gasteiger partial charge in [0.1, 0.15) is 6.07 Å². The first-order chi connectivity index (χ1) is 8.69. The molecule has 1 aromatic carbocycles. The molecule has 4 heteroatoms. The fourth-order valence-electron chi connectivity index (χ4n) is 2.37. The van der Waals surface area contributed by atoms with E-state index in [-0.39, 0.29) is 5.91 Å². The summed E-state index contributed by atoms with van der Waals surface area (Å²) in [5.41, 5.74) is 1.08. The van der Waals surface area contributed by atoms with E-state index in [0.717, 1.165) is 12.8 Å². The normalized spacial score (nSPS) is 15.3. The molecule has 0 spiro atoms. The Bertz CT molecular complexity index is 487. The van der Waals surface area contributed by atoms with E-state index < -0.39 is 0 Å². The summed E-state index contributed by atoms with van der Waals surface area (Å²) in [6.45, 7) is 0. The molecule has 1 aromatic rings. The number of rotatable bonds is 3. The molecule has 0 aromatic heterocycles. The van der Waals surface area contributed by atoms with E-state index in [9.17, 15) is 4.79 Å². The third-order valence-corrected chi connectivity index (χ3v) is 3.63. The van der Waals surface area contributed by atoms with Crippen molar-refractivity contribution in [1.29, 1.82) is 5.26 Å². The van der Waals surface area contributed by atoms with Gasteiger partial charge < -0.3 is 5.32 Å². The van der Waals surface area contributed by atoms with Crippen LogP contribution in [-0.2, 0) is 4.79 Å².